The van der Waals surface area contributed by atoms with Crippen molar-refractivity contribution >= 4 is 63.8 Å². The van der Waals surface area contributed by atoms with Crippen molar-refractivity contribution in [1.29, 1.82) is 0 Å². The lowest BCUT2D eigenvalue weighted by Gasteiger charge is -2.14. The molecule has 0 radical (unpaired) electrons. The first kappa shape index (κ1) is 25.6. The summed E-state index contributed by atoms with van der Waals surface area (Å²) in [4.78, 5) is 27.1. The molecular formula is C26H18Cl3NO6S. The normalized spacial score (nSPS) is 15.6. The highest BCUT2D eigenvalue weighted by Gasteiger charge is 2.35. The van der Waals surface area contributed by atoms with E-state index in [1.807, 2.05) is 0 Å². The van der Waals surface area contributed by atoms with E-state index >= 15 is 0 Å². The summed E-state index contributed by atoms with van der Waals surface area (Å²) < 4.78 is 22.0. The average Bonchev–Trinajstić information content (AvgIpc) is 3.43. The molecule has 7 nitrogen and oxygen atoms in total. The van der Waals surface area contributed by atoms with Crippen LogP contribution < -0.4 is 18.9 Å². The fourth-order valence-corrected chi connectivity index (χ4v) is 5.24. The minimum Gasteiger partial charge on any atom is -0.493 e. The summed E-state index contributed by atoms with van der Waals surface area (Å²) in [6, 6.07) is 13.7. The number of amides is 2. The molecule has 0 N–H and O–H groups in total. The number of ether oxygens (including phenoxy) is 4. The number of halogens is 3. The Kier molecular flexibility index (Phi) is 7.44. The summed E-state index contributed by atoms with van der Waals surface area (Å²) in [5.74, 6) is 1.59. The summed E-state index contributed by atoms with van der Waals surface area (Å²) >= 11 is 19.4. The Morgan fingerprint density at radius 3 is 2.46 bits per heavy atom. The zero-order valence-electron chi connectivity index (χ0n) is 19.3. The average molecular weight is 579 g/mol. The highest BCUT2D eigenvalue weighted by Crippen LogP contribution is 2.40. The van der Waals surface area contributed by atoms with E-state index in [9.17, 15) is 9.59 Å². The van der Waals surface area contributed by atoms with Crippen LogP contribution in [-0.4, -0.2) is 29.9 Å². The van der Waals surface area contributed by atoms with Crippen molar-refractivity contribution in [1.82, 2.24) is 4.90 Å². The molecule has 0 atom stereocenters. The molecule has 190 valence electrons. The lowest BCUT2D eigenvalue weighted by molar-refractivity contribution is -0.123. The summed E-state index contributed by atoms with van der Waals surface area (Å²) in [6.07, 6.45) is 1.63. The molecule has 0 spiro atoms. The molecule has 2 aliphatic heterocycles. The van der Waals surface area contributed by atoms with E-state index in [4.69, 9.17) is 53.8 Å². The quantitative estimate of drug-likeness (QED) is 0.275. The molecule has 37 heavy (non-hydrogen) atoms. The highest BCUT2D eigenvalue weighted by molar-refractivity contribution is 8.18. The van der Waals surface area contributed by atoms with E-state index in [1.165, 1.54) is 7.11 Å². The Morgan fingerprint density at radius 1 is 0.946 bits per heavy atom. The predicted molar refractivity (Wildman–Crippen MR) is 143 cm³/mol. The zero-order valence-corrected chi connectivity index (χ0v) is 22.3. The van der Waals surface area contributed by atoms with Gasteiger partial charge >= 0.3 is 0 Å². The fraction of sp³-hybridized carbons (Fsp3) is 0.154. The largest absolute Gasteiger partial charge is 0.493 e. The minimum atomic E-state index is -0.416. The number of benzene rings is 3. The predicted octanol–water partition coefficient (Wildman–Crippen LogP) is 7.20. The molecule has 2 aliphatic rings. The number of imide groups is 1. The molecule has 1 fully saturated rings. The maximum atomic E-state index is 13.0. The third-order valence-corrected chi connectivity index (χ3v) is 7.47. The maximum Gasteiger partial charge on any atom is 0.293 e. The van der Waals surface area contributed by atoms with E-state index in [1.54, 1.807) is 54.6 Å². The van der Waals surface area contributed by atoms with Gasteiger partial charge in [-0.05, 0) is 59.3 Å². The lowest BCUT2D eigenvalue weighted by atomic mass is 10.1. The van der Waals surface area contributed by atoms with Gasteiger partial charge in [-0.15, -0.1) is 0 Å². The van der Waals surface area contributed by atoms with Gasteiger partial charge in [-0.1, -0.05) is 46.9 Å². The van der Waals surface area contributed by atoms with Crippen molar-refractivity contribution in [3.8, 4) is 23.0 Å². The van der Waals surface area contributed by atoms with Gasteiger partial charge in [0.05, 0.1) is 18.6 Å². The standard InChI is InChI=1S/C26H18Cl3NO6S/c1-33-21-6-14(2-5-20(21)34-12-15-3-4-17(27)9-18(15)28)7-24-25(31)30(26(32)37-24)11-16-8-22-23(10-19(16)29)36-13-35-22/h2-10H,11-13H2,1H3/b24-7+. The molecule has 2 heterocycles. The second kappa shape index (κ2) is 10.8. The molecule has 2 amide bonds. The summed E-state index contributed by atoms with van der Waals surface area (Å²) in [6.45, 7) is 0.329. The van der Waals surface area contributed by atoms with Gasteiger partial charge in [-0.3, -0.25) is 14.5 Å². The van der Waals surface area contributed by atoms with Crippen LogP contribution in [0.1, 0.15) is 16.7 Å². The number of carbonyl (C=O) groups is 2. The highest BCUT2D eigenvalue weighted by atomic mass is 35.5. The summed E-state index contributed by atoms with van der Waals surface area (Å²) in [5.41, 5.74) is 2.02. The minimum absolute atomic E-state index is 0.0147. The Balaban J connectivity index is 1.31. The van der Waals surface area contributed by atoms with E-state index in [0.29, 0.717) is 49.2 Å². The number of hydrogen-bond donors (Lipinski definition) is 0. The molecule has 0 bridgehead atoms. The number of methoxy groups -OCH3 is 1. The van der Waals surface area contributed by atoms with Crippen molar-refractivity contribution in [2.45, 2.75) is 13.2 Å². The van der Waals surface area contributed by atoms with Gasteiger partial charge in [0.1, 0.15) is 6.61 Å². The summed E-state index contributed by atoms with van der Waals surface area (Å²) in [5, 5.41) is 1.03. The lowest BCUT2D eigenvalue weighted by Crippen LogP contribution is -2.27. The SMILES string of the molecule is COc1cc(/C=C2/SC(=O)N(Cc3cc4c(cc3Cl)OCO4)C2=O)ccc1OCc1ccc(Cl)cc1Cl. The molecule has 3 aromatic carbocycles. The zero-order chi connectivity index (χ0) is 26.1. The molecule has 1 saturated heterocycles. The van der Waals surface area contributed by atoms with Crippen LogP contribution in [-0.2, 0) is 17.9 Å². The fourth-order valence-electron chi connectivity index (χ4n) is 3.73. The topological polar surface area (TPSA) is 74.3 Å². The molecule has 0 unspecified atom stereocenters. The first-order valence-electron chi connectivity index (χ1n) is 10.9. The number of nitrogens with zero attached hydrogens (tertiary/aromatic N) is 1. The molecule has 11 heteroatoms. The van der Waals surface area contributed by atoms with E-state index in [-0.39, 0.29) is 24.8 Å². The van der Waals surface area contributed by atoms with E-state index in [0.717, 1.165) is 22.2 Å². The molecule has 3 aromatic rings. The van der Waals surface area contributed by atoms with Crippen LogP contribution in [0.5, 0.6) is 23.0 Å². The van der Waals surface area contributed by atoms with Crippen LogP contribution in [0.25, 0.3) is 6.08 Å². The first-order valence-corrected chi connectivity index (χ1v) is 12.9. The van der Waals surface area contributed by atoms with Crippen LogP contribution in [0.3, 0.4) is 0 Å². The van der Waals surface area contributed by atoms with Crippen LogP contribution in [0.2, 0.25) is 15.1 Å². The third kappa shape index (κ3) is 5.48. The van der Waals surface area contributed by atoms with Gasteiger partial charge in [0, 0.05) is 26.7 Å². The van der Waals surface area contributed by atoms with Gasteiger partial charge in [-0.25, -0.2) is 0 Å². The number of hydrogen-bond acceptors (Lipinski definition) is 7. The molecule has 0 saturated carbocycles. The Hall–Kier alpha value is -3.04. The molecule has 5 rings (SSSR count). The first-order chi connectivity index (χ1) is 17.8. The number of carbonyl (C=O) groups excluding carboxylic acids is 2. The van der Waals surface area contributed by atoms with Gasteiger partial charge in [0.25, 0.3) is 11.1 Å². The molecule has 0 aliphatic carbocycles. The van der Waals surface area contributed by atoms with E-state index < -0.39 is 11.1 Å². The molecular weight excluding hydrogens is 561 g/mol. The van der Waals surface area contributed by atoms with Gasteiger partial charge < -0.3 is 18.9 Å². The Morgan fingerprint density at radius 2 is 1.70 bits per heavy atom. The Bertz CT molecular complexity index is 1440. The third-order valence-electron chi connectivity index (χ3n) is 5.63. The maximum absolute atomic E-state index is 13.0. The van der Waals surface area contributed by atoms with Crippen molar-refractivity contribution in [2.24, 2.45) is 0 Å². The van der Waals surface area contributed by atoms with Crippen molar-refractivity contribution < 1.29 is 28.5 Å². The van der Waals surface area contributed by atoms with Crippen molar-refractivity contribution in [3.05, 3.63) is 85.2 Å². The monoisotopic (exact) mass is 577 g/mol. The second-order valence-electron chi connectivity index (χ2n) is 8.00. The van der Waals surface area contributed by atoms with Crippen LogP contribution in [0.15, 0.2) is 53.4 Å². The molecule has 0 aromatic heterocycles. The van der Waals surface area contributed by atoms with Gasteiger partial charge in [0.15, 0.2) is 23.0 Å². The van der Waals surface area contributed by atoms with Crippen LogP contribution in [0, 0.1) is 0 Å². The van der Waals surface area contributed by atoms with E-state index in [2.05, 4.69) is 0 Å². The summed E-state index contributed by atoms with van der Waals surface area (Å²) in [7, 11) is 1.52. The number of fused-ring (bicyclic) bond motifs is 1. The Labute approximate surface area is 231 Å². The van der Waals surface area contributed by atoms with Crippen molar-refractivity contribution in [3.63, 3.8) is 0 Å². The van der Waals surface area contributed by atoms with Gasteiger partial charge in [0.2, 0.25) is 6.79 Å². The second-order valence-corrected chi connectivity index (χ2v) is 10.2. The van der Waals surface area contributed by atoms with Crippen molar-refractivity contribution in [2.75, 3.05) is 13.9 Å². The van der Waals surface area contributed by atoms with Crippen LogP contribution >= 0.6 is 46.6 Å². The smallest absolute Gasteiger partial charge is 0.293 e. The van der Waals surface area contributed by atoms with Gasteiger partial charge in [-0.2, -0.15) is 0 Å². The number of thioether (sulfide) groups is 1. The number of rotatable bonds is 7. The van der Waals surface area contributed by atoms with Crippen LogP contribution in [0.4, 0.5) is 4.79 Å².